The Balaban J connectivity index is 1.60. The Bertz CT molecular complexity index is 765. The van der Waals surface area contributed by atoms with Gasteiger partial charge in [-0.3, -0.25) is 9.79 Å². The number of guanidine groups is 1. The SMILES string of the molecule is CN=C(NCCC(=O)N(C)Cc1ccccc1)NCC(C)COCc1ccccc1. The van der Waals surface area contributed by atoms with Gasteiger partial charge in [-0.25, -0.2) is 0 Å². The Morgan fingerprint density at radius 2 is 1.67 bits per heavy atom. The standard InChI is InChI=1S/C24H34N4O2/c1-20(18-30-19-22-12-8-5-9-13-22)16-27-24(25-2)26-15-14-23(29)28(3)17-21-10-6-4-7-11-21/h4-13,20H,14-19H2,1-3H3,(H2,25,26,27). The zero-order chi connectivity index (χ0) is 21.6. The zero-order valence-electron chi connectivity index (χ0n) is 18.3. The minimum atomic E-state index is 0.101. The van der Waals surface area contributed by atoms with E-state index >= 15 is 0 Å². The number of ether oxygens (including phenoxy) is 1. The number of benzene rings is 2. The third-order valence-electron chi connectivity index (χ3n) is 4.68. The smallest absolute Gasteiger partial charge is 0.224 e. The van der Waals surface area contributed by atoms with E-state index in [-0.39, 0.29) is 5.91 Å². The van der Waals surface area contributed by atoms with Gasteiger partial charge < -0.3 is 20.3 Å². The first kappa shape index (κ1) is 23.4. The first-order valence-electron chi connectivity index (χ1n) is 10.4. The van der Waals surface area contributed by atoms with E-state index in [9.17, 15) is 4.79 Å². The van der Waals surface area contributed by atoms with Gasteiger partial charge in [0.1, 0.15) is 0 Å². The molecule has 2 aromatic rings. The second kappa shape index (κ2) is 13.4. The molecular formula is C24H34N4O2. The average Bonchev–Trinajstić information content (AvgIpc) is 2.77. The highest BCUT2D eigenvalue weighted by Crippen LogP contribution is 2.04. The van der Waals surface area contributed by atoms with Crippen molar-refractivity contribution in [1.29, 1.82) is 0 Å². The van der Waals surface area contributed by atoms with Gasteiger partial charge >= 0.3 is 0 Å². The van der Waals surface area contributed by atoms with Crippen molar-refractivity contribution in [1.82, 2.24) is 15.5 Å². The average molecular weight is 411 g/mol. The van der Waals surface area contributed by atoms with E-state index in [0.29, 0.717) is 44.6 Å². The predicted molar refractivity (Wildman–Crippen MR) is 122 cm³/mol. The fourth-order valence-corrected chi connectivity index (χ4v) is 2.93. The van der Waals surface area contributed by atoms with E-state index in [1.54, 1.807) is 11.9 Å². The van der Waals surface area contributed by atoms with Crippen molar-refractivity contribution in [3.8, 4) is 0 Å². The molecule has 162 valence electrons. The minimum Gasteiger partial charge on any atom is -0.376 e. The summed E-state index contributed by atoms with van der Waals surface area (Å²) < 4.78 is 5.78. The largest absolute Gasteiger partial charge is 0.376 e. The Morgan fingerprint density at radius 1 is 1.03 bits per heavy atom. The molecule has 6 nitrogen and oxygen atoms in total. The van der Waals surface area contributed by atoms with E-state index in [1.165, 1.54) is 5.56 Å². The van der Waals surface area contributed by atoms with Gasteiger partial charge in [0.15, 0.2) is 5.96 Å². The summed E-state index contributed by atoms with van der Waals surface area (Å²) in [5.74, 6) is 1.14. The number of hydrogen-bond acceptors (Lipinski definition) is 3. The Hall–Kier alpha value is -2.86. The molecule has 0 fully saturated rings. The van der Waals surface area contributed by atoms with Crippen LogP contribution in [-0.4, -0.2) is 50.6 Å². The topological polar surface area (TPSA) is 66.0 Å². The molecule has 1 unspecified atom stereocenters. The molecule has 0 saturated carbocycles. The number of aliphatic imine (C=N–C) groups is 1. The van der Waals surface area contributed by atoms with E-state index in [1.807, 2.05) is 55.6 Å². The maximum Gasteiger partial charge on any atom is 0.224 e. The monoisotopic (exact) mass is 410 g/mol. The number of rotatable bonds is 11. The Kier molecular flexibility index (Phi) is 10.4. The van der Waals surface area contributed by atoms with Crippen molar-refractivity contribution >= 4 is 11.9 Å². The predicted octanol–water partition coefficient (Wildman–Crippen LogP) is 3.05. The van der Waals surface area contributed by atoms with Gasteiger partial charge in [-0.2, -0.15) is 0 Å². The number of hydrogen-bond donors (Lipinski definition) is 2. The van der Waals surface area contributed by atoms with Crippen LogP contribution in [0.3, 0.4) is 0 Å². The Labute approximate surface area is 180 Å². The summed E-state index contributed by atoms with van der Waals surface area (Å²) in [6.07, 6.45) is 0.416. The molecule has 30 heavy (non-hydrogen) atoms. The molecular weight excluding hydrogens is 376 g/mol. The van der Waals surface area contributed by atoms with E-state index < -0.39 is 0 Å². The number of nitrogens with one attached hydrogen (secondary N) is 2. The summed E-state index contributed by atoms with van der Waals surface area (Å²) >= 11 is 0. The first-order chi connectivity index (χ1) is 14.6. The van der Waals surface area contributed by atoms with Crippen LogP contribution in [0.15, 0.2) is 65.7 Å². The summed E-state index contributed by atoms with van der Waals surface area (Å²) in [5.41, 5.74) is 2.30. The lowest BCUT2D eigenvalue weighted by molar-refractivity contribution is -0.130. The number of amides is 1. The van der Waals surface area contributed by atoms with Gasteiger partial charge in [0, 0.05) is 40.2 Å². The van der Waals surface area contributed by atoms with Gasteiger partial charge in [-0.05, 0) is 17.0 Å². The highest BCUT2D eigenvalue weighted by atomic mass is 16.5. The van der Waals surface area contributed by atoms with Crippen LogP contribution in [-0.2, 0) is 22.7 Å². The molecule has 0 aliphatic carbocycles. The highest BCUT2D eigenvalue weighted by molar-refractivity contribution is 5.81. The van der Waals surface area contributed by atoms with Crippen LogP contribution in [0.2, 0.25) is 0 Å². The van der Waals surface area contributed by atoms with E-state index in [0.717, 1.165) is 12.1 Å². The van der Waals surface area contributed by atoms with Crippen LogP contribution in [0, 0.1) is 5.92 Å². The summed E-state index contributed by atoms with van der Waals surface area (Å²) in [5, 5.41) is 6.50. The molecule has 0 aromatic heterocycles. The van der Waals surface area contributed by atoms with Gasteiger partial charge in [-0.15, -0.1) is 0 Å². The van der Waals surface area contributed by atoms with Crippen molar-refractivity contribution < 1.29 is 9.53 Å². The lowest BCUT2D eigenvalue weighted by Crippen LogP contribution is -2.41. The summed E-state index contributed by atoms with van der Waals surface area (Å²) in [6.45, 7) is 5.33. The van der Waals surface area contributed by atoms with Gasteiger partial charge in [0.2, 0.25) is 5.91 Å². The fraction of sp³-hybridized carbons (Fsp3) is 0.417. The minimum absolute atomic E-state index is 0.101. The number of nitrogens with zero attached hydrogens (tertiary/aromatic N) is 2. The fourth-order valence-electron chi connectivity index (χ4n) is 2.93. The quantitative estimate of drug-likeness (QED) is 0.441. The summed E-state index contributed by atoms with van der Waals surface area (Å²) in [4.78, 5) is 18.3. The zero-order valence-corrected chi connectivity index (χ0v) is 18.3. The van der Waals surface area contributed by atoms with Crippen LogP contribution in [0.1, 0.15) is 24.5 Å². The van der Waals surface area contributed by atoms with Gasteiger partial charge in [0.25, 0.3) is 0 Å². The van der Waals surface area contributed by atoms with Crippen molar-refractivity contribution in [3.05, 3.63) is 71.8 Å². The third kappa shape index (κ3) is 9.09. The summed E-state index contributed by atoms with van der Waals surface area (Å²) in [7, 11) is 3.56. The lowest BCUT2D eigenvalue weighted by Gasteiger charge is -2.19. The van der Waals surface area contributed by atoms with Gasteiger partial charge in [-0.1, -0.05) is 67.6 Å². The van der Waals surface area contributed by atoms with Crippen LogP contribution < -0.4 is 10.6 Å². The van der Waals surface area contributed by atoms with Crippen LogP contribution in [0.25, 0.3) is 0 Å². The Morgan fingerprint density at radius 3 is 2.30 bits per heavy atom. The van der Waals surface area contributed by atoms with Crippen LogP contribution >= 0.6 is 0 Å². The first-order valence-corrected chi connectivity index (χ1v) is 10.4. The second-order valence-corrected chi connectivity index (χ2v) is 7.47. The molecule has 0 aliphatic heterocycles. The molecule has 1 atom stereocenters. The molecule has 0 bridgehead atoms. The van der Waals surface area contributed by atoms with Crippen LogP contribution in [0.5, 0.6) is 0 Å². The van der Waals surface area contributed by atoms with Gasteiger partial charge in [0.05, 0.1) is 13.2 Å². The molecule has 2 rings (SSSR count). The normalized spacial score (nSPS) is 12.3. The molecule has 0 aliphatic rings. The second-order valence-electron chi connectivity index (χ2n) is 7.47. The molecule has 6 heteroatoms. The maximum atomic E-state index is 12.3. The summed E-state index contributed by atoms with van der Waals surface area (Å²) in [6, 6.07) is 20.2. The molecule has 0 spiro atoms. The maximum absolute atomic E-state index is 12.3. The van der Waals surface area contributed by atoms with Crippen molar-refractivity contribution in [2.75, 3.05) is 33.8 Å². The van der Waals surface area contributed by atoms with Crippen molar-refractivity contribution in [2.45, 2.75) is 26.5 Å². The van der Waals surface area contributed by atoms with Crippen LogP contribution in [0.4, 0.5) is 0 Å². The lowest BCUT2D eigenvalue weighted by atomic mass is 10.2. The molecule has 0 heterocycles. The van der Waals surface area contributed by atoms with E-state index in [4.69, 9.17) is 4.74 Å². The molecule has 0 radical (unpaired) electrons. The van der Waals surface area contributed by atoms with E-state index in [2.05, 4.69) is 34.7 Å². The number of carbonyl (C=O) groups is 1. The molecule has 2 aromatic carbocycles. The van der Waals surface area contributed by atoms with Crippen molar-refractivity contribution in [2.24, 2.45) is 10.9 Å². The molecule has 0 saturated heterocycles. The third-order valence-corrected chi connectivity index (χ3v) is 4.68. The van der Waals surface area contributed by atoms with Crippen molar-refractivity contribution in [3.63, 3.8) is 0 Å². The highest BCUT2D eigenvalue weighted by Gasteiger charge is 2.10. The number of carbonyl (C=O) groups excluding carboxylic acids is 1. The molecule has 1 amide bonds. The molecule has 2 N–H and O–H groups in total.